The van der Waals surface area contributed by atoms with Crippen molar-refractivity contribution in [1.82, 2.24) is 25.4 Å². The first kappa shape index (κ1) is 22.7. The lowest BCUT2D eigenvalue weighted by atomic mass is 10.1. The van der Waals surface area contributed by atoms with Crippen LogP contribution >= 0.6 is 24.0 Å². The summed E-state index contributed by atoms with van der Waals surface area (Å²) in [6, 6.07) is 14.3. The van der Waals surface area contributed by atoms with Crippen LogP contribution in [-0.2, 0) is 13.1 Å². The molecule has 0 unspecified atom stereocenters. The molecule has 0 fully saturated rings. The molecule has 0 radical (unpaired) electrons. The Balaban J connectivity index is 0.00000300. The third-order valence-corrected chi connectivity index (χ3v) is 4.27. The molecule has 2 aromatic carbocycles. The number of aromatic nitrogens is 3. The van der Waals surface area contributed by atoms with Crippen molar-refractivity contribution in [3.05, 3.63) is 71.8 Å². The first-order chi connectivity index (χ1) is 13.7. The number of halogens is 1. The Morgan fingerprint density at radius 3 is 2.59 bits per heavy atom. The van der Waals surface area contributed by atoms with Gasteiger partial charge in [-0.1, -0.05) is 24.3 Å². The van der Waals surface area contributed by atoms with E-state index in [4.69, 9.17) is 4.74 Å². The third kappa shape index (κ3) is 6.45. The fraction of sp³-hybridized carbons (Fsp3) is 0.286. The van der Waals surface area contributed by atoms with Crippen molar-refractivity contribution in [1.29, 1.82) is 0 Å². The molecule has 0 saturated heterocycles. The standard InChI is InChI=1S/C21H26N6O.HI/c1-4-23-21(25-13-18-8-5-16(2)11-20(18)28-3)24-12-17-6-9-19(10-7-17)27-15-22-14-26-27;/h5-11,14-15H,4,12-13H2,1-3H3,(H2,23,24,25);1H. The van der Waals surface area contributed by atoms with Gasteiger partial charge in [-0.2, -0.15) is 5.10 Å². The Morgan fingerprint density at radius 1 is 1.14 bits per heavy atom. The lowest BCUT2D eigenvalue weighted by Crippen LogP contribution is -2.36. The van der Waals surface area contributed by atoms with Crippen LogP contribution in [0.1, 0.15) is 23.6 Å². The maximum absolute atomic E-state index is 5.48. The molecule has 3 aromatic rings. The fourth-order valence-corrected chi connectivity index (χ4v) is 2.78. The number of aliphatic imine (C=N–C) groups is 1. The summed E-state index contributed by atoms with van der Waals surface area (Å²) in [6.45, 7) is 6.12. The zero-order chi connectivity index (χ0) is 19.8. The average molecular weight is 506 g/mol. The van der Waals surface area contributed by atoms with Crippen LogP contribution < -0.4 is 15.4 Å². The number of nitrogens with zero attached hydrogens (tertiary/aromatic N) is 4. The maximum atomic E-state index is 5.48. The zero-order valence-corrected chi connectivity index (χ0v) is 19.3. The molecule has 0 saturated carbocycles. The van der Waals surface area contributed by atoms with Crippen molar-refractivity contribution in [3.8, 4) is 11.4 Å². The average Bonchev–Trinajstić information content (AvgIpc) is 3.26. The molecule has 0 bridgehead atoms. The smallest absolute Gasteiger partial charge is 0.191 e. The van der Waals surface area contributed by atoms with Crippen molar-refractivity contribution in [3.63, 3.8) is 0 Å². The summed E-state index contributed by atoms with van der Waals surface area (Å²) in [7, 11) is 1.69. The van der Waals surface area contributed by atoms with Gasteiger partial charge in [0.25, 0.3) is 0 Å². The molecule has 29 heavy (non-hydrogen) atoms. The van der Waals surface area contributed by atoms with Crippen LogP contribution in [0, 0.1) is 6.92 Å². The summed E-state index contributed by atoms with van der Waals surface area (Å²) in [5.41, 5.74) is 4.36. The monoisotopic (exact) mass is 506 g/mol. The second-order valence-electron chi connectivity index (χ2n) is 6.37. The Hall–Kier alpha value is -2.62. The summed E-state index contributed by atoms with van der Waals surface area (Å²) in [6.07, 6.45) is 3.20. The van der Waals surface area contributed by atoms with Gasteiger partial charge in [-0.25, -0.2) is 14.7 Å². The highest BCUT2D eigenvalue weighted by Crippen LogP contribution is 2.19. The molecule has 1 heterocycles. The molecule has 0 aliphatic heterocycles. The summed E-state index contributed by atoms with van der Waals surface area (Å²) in [5, 5.41) is 10.8. The Bertz CT molecular complexity index is 909. The van der Waals surface area contributed by atoms with Gasteiger partial charge >= 0.3 is 0 Å². The van der Waals surface area contributed by atoms with Gasteiger partial charge in [-0.05, 0) is 43.2 Å². The Labute approximate surface area is 188 Å². The van der Waals surface area contributed by atoms with Crippen LogP contribution in [0.4, 0.5) is 0 Å². The summed E-state index contributed by atoms with van der Waals surface area (Å²) < 4.78 is 7.21. The molecule has 0 amide bonds. The lowest BCUT2D eigenvalue weighted by molar-refractivity contribution is 0.408. The van der Waals surface area contributed by atoms with Crippen LogP contribution in [0.2, 0.25) is 0 Å². The summed E-state index contributed by atoms with van der Waals surface area (Å²) >= 11 is 0. The van der Waals surface area contributed by atoms with E-state index in [9.17, 15) is 0 Å². The molecule has 7 nitrogen and oxygen atoms in total. The molecule has 0 aliphatic rings. The van der Waals surface area contributed by atoms with Gasteiger partial charge in [0.05, 0.1) is 19.3 Å². The highest BCUT2D eigenvalue weighted by Gasteiger charge is 2.05. The van der Waals surface area contributed by atoms with E-state index in [2.05, 4.69) is 51.7 Å². The van der Waals surface area contributed by atoms with Crippen molar-refractivity contribution in [2.45, 2.75) is 26.9 Å². The Kier molecular flexibility index (Phi) is 8.91. The van der Waals surface area contributed by atoms with Crippen molar-refractivity contribution in [2.24, 2.45) is 4.99 Å². The van der Waals surface area contributed by atoms with Crippen LogP contribution in [-0.4, -0.2) is 34.4 Å². The van der Waals surface area contributed by atoms with Gasteiger partial charge in [0, 0.05) is 18.7 Å². The molecule has 0 aliphatic carbocycles. The van der Waals surface area contributed by atoms with Gasteiger partial charge in [0.1, 0.15) is 18.4 Å². The van der Waals surface area contributed by atoms with E-state index in [0.29, 0.717) is 13.1 Å². The minimum atomic E-state index is 0. The largest absolute Gasteiger partial charge is 0.496 e. The van der Waals surface area contributed by atoms with Crippen molar-refractivity contribution in [2.75, 3.05) is 13.7 Å². The number of ether oxygens (including phenoxy) is 1. The number of guanidine groups is 1. The second-order valence-corrected chi connectivity index (χ2v) is 6.37. The predicted molar refractivity (Wildman–Crippen MR) is 126 cm³/mol. The number of aryl methyl sites for hydroxylation is 1. The molecule has 154 valence electrons. The van der Waals surface area contributed by atoms with E-state index < -0.39 is 0 Å². The van der Waals surface area contributed by atoms with Crippen LogP contribution in [0.15, 0.2) is 60.1 Å². The van der Waals surface area contributed by atoms with Gasteiger partial charge in [-0.15, -0.1) is 24.0 Å². The number of benzene rings is 2. The van der Waals surface area contributed by atoms with E-state index in [0.717, 1.165) is 35.1 Å². The highest BCUT2D eigenvalue weighted by atomic mass is 127. The third-order valence-electron chi connectivity index (χ3n) is 4.27. The fourth-order valence-electron chi connectivity index (χ4n) is 2.78. The highest BCUT2D eigenvalue weighted by molar-refractivity contribution is 14.0. The summed E-state index contributed by atoms with van der Waals surface area (Å²) in [4.78, 5) is 8.65. The number of rotatable bonds is 7. The zero-order valence-electron chi connectivity index (χ0n) is 16.9. The molecular weight excluding hydrogens is 479 g/mol. The van der Waals surface area contributed by atoms with Crippen LogP contribution in [0.25, 0.3) is 5.69 Å². The van der Waals surface area contributed by atoms with E-state index in [1.807, 2.05) is 30.3 Å². The van der Waals surface area contributed by atoms with Gasteiger partial charge in [0.2, 0.25) is 0 Å². The predicted octanol–water partition coefficient (Wildman–Crippen LogP) is 3.46. The topological polar surface area (TPSA) is 76.4 Å². The van der Waals surface area contributed by atoms with Gasteiger partial charge < -0.3 is 15.4 Å². The molecule has 1 aromatic heterocycles. The van der Waals surface area contributed by atoms with E-state index >= 15 is 0 Å². The summed E-state index contributed by atoms with van der Waals surface area (Å²) in [5.74, 6) is 1.65. The van der Waals surface area contributed by atoms with Crippen molar-refractivity contribution >= 4 is 29.9 Å². The minimum Gasteiger partial charge on any atom is -0.496 e. The van der Waals surface area contributed by atoms with Gasteiger partial charge in [-0.3, -0.25) is 0 Å². The first-order valence-electron chi connectivity index (χ1n) is 9.29. The molecule has 8 heteroatoms. The Morgan fingerprint density at radius 2 is 1.93 bits per heavy atom. The van der Waals surface area contributed by atoms with E-state index in [1.54, 1.807) is 18.1 Å². The molecular formula is C21H27IN6O. The maximum Gasteiger partial charge on any atom is 0.191 e. The molecule has 3 rings (SSSR count). The van der Waals surface area contributed by atoms with E-state index in [-0.39, 0.29) is 24.0 Å². The number of hydrogen-bond donors (Lipinski definition) is 2. The lowest BCUT2D eigenvalue weighted by Gasteiger charge is -2.14. The quantitative estimate of drug-likeness (QED) is 0.292. The minimum absolute atomic E-state index is 0. The number of hydrogen-bond acceptors (Lipinski definition) is 4. The SMILES string of the molecule is CCNC(=NCc1ccc(-n2cncn2)cc1)NCc1ccc(C)cc1OC.I. The number of nitrogens with one attached hydrogen (secondary N) is 2. The molecule has 2 N–H and O–H groups in total. The molecule has 0 atom stereocenters. The van der Waals surface area contributed by atoms with Gasteiger partial charge in [0.15, 0.2) is 5.96 Å². The second kappa shape index (κ2) is 11.4. The first-order valence-corrected chi connectivity index (χ1v) is 9.29. The van der Waals surface area contributed by atoms with Crippen LogP contribution in [0.5, 0.6) is 5.75 Å². The number of methoxy groups -OCH3 is 1. The van der Waals surface area contributed by atoms with Crippen LogP contribution in [0.3, 0.4) is 0 Å². The van der Waals surface area contributed by atoms with E-state index in [1.165, 1.54) is 11.9 Å². The normalized spacial score (nSPS) is 10.9. The molecule has 0 spiro atoms. The van der Waals surface area contributed by atoms with Crippen molar-refractivity contribution < 1.29 is 4.74 Å².